The van der Waals surface area contributed by atoms with Gasteiger partial charge in [-0.2, -0.15) is 0 Å². The third-order valence-electron chi connectivity index (χ3n) is 6.39. The van der Waals surface area contributed by atoms with Crippen molar-refractivity contribution >= 4 is 18.0 Å². The van der Waals surface area contributed by atoms with Gasteiger partial charge in [0.1, 0.15) is 12.1 Å². The van der Waals surface area contributed by atoms with Gasteiger partial charge < -0.3 is 20.5 Å². The first-order valence-electron chi connectivity index (χ1n) is 11.0. The molecule has 2 aliphatic carbocycles. The molecule has 3 N–H and O–H groups in total. The van der Waals surface area contributed by atoms with Gasteiger partial charge in [-0.15, -0.1) is 0 Å². The summed E-state index contributed by atoms with van der Waals surface area (Å²) in [6.07, 6.45) is 0.200. The van der Waals surface area contributed by atoms with Gasteiger partial charge in [0.05, 0.1) is 6.42 Å². The van der Waals surface area contributed by atoms with E-state index in [2.05, 4.69) is 22.8 Å². The number of carbonyl (C=O) groups excluding carboxylic acids is 2. The number of benzene rings is 2. The van der Waals surface area contributed by atoms with Crippen molar-refractivity contribution in [2.45, 2.75) is 50.6 Å². The largest absolute Gasteiger partial charge is 0.481 e. The third-order valence-corrected chi connectivity index (χ3v) is 6.39. The van der Waals surface area contributed by atoms with Crippen LogP contribution in [0.2, 0.25) is 0 Å². The average molecular weight is 437 g/mol. The number of fused-ring (bicyclic) bond motifs is 3. The molecule has 0 bridgehead atoms. The van der Waals surface area contributed by atoms with Gasteiger partial charge in [0, 0.05) is 12.0 Å². The zero-order valence-corrected chi connectivity index (χ0v) is 18.3. The summed E-state index contributed by atoms with van der Waals surface area (Å²) >= 11 is 0. The van der Waals surface area contributed by atoms with Crippen LogP contribution in [0, 0.1) is 5.92 Å². The predicted octanol–water partition coefficient (Wildman–Crippen LogP) is 3.67. The Morgan fingerprint density at radius 3 is 2.09 bits per heavy atom. The number of ether oxygens (including phenoxy) is 1. The fourth-order valence-electron chi connectivity index (χ4n) is 4.31. The Balaban J connectivity index is 1.38. The van der Waals surface area contributed by atoms with Crippen LogP contribution in [0.4, 0.5) is 4.79 Å². The fourth-order valence-corrected chi connectivity index (χ4v) is 4.31. The molecule has 1 saturated carbocycles. The second-order valence-corrected chi connectivity index (χ2v) is 8.95. The number of nitrogens with one attached hydrogen (secondary N) is 2. The van der Waals surface area contributed by atoms with Crippen molar-refractivity contribution in [2.24, 2.45) is 5.92 Å². The van der Waals surface area contributed by atoms with Crippen molar-refractivity contribution in [3.05, 3.63) is 59.7 Å². The number of rotatable bonds is 8. The zero-order valence-electron chi connectivity index (χ0n) is 18.3. The highest BCUT2D eigenvalue weighted by Crippen LogP contribution is 2.44. The highest BCUT2D eigenvalue weighted by Gasteiger charge is 2.52. The van der Waals surface area contributed by atoms with Crippen LogP contribution in [-0.2, 0) is 14.3 Å². The molecule has 32 heavy (non-hydrogen) atoms. The molecule has 7 nitrogen and oxygen atoms in total. The Labute approximate surface area is 187 Å². The van der Waals surface area contributed by atoms with E-state index in [1.807, 2.05) is 50.2 Å². The molecule has 2 aromatic carbocycles. The maximum atomic E-state index is 12.8. The van der Waals surface area contributed by atoms with Gasteiger partial charge in [0.25, 0.3) is 0 Å². The van der Waals surface area contributed by atoms with E-state index in [4.69, 9.17) is 9.84 Å². The molecule has 0 aliphatic heterocycles. The van der Waals surface area contributed by atoms with Gasteiger partial charge in [0.2, 0.25) is 5.91 Å². The van der Waals surface area contributed by atoms with Gasteiger partial charge in [-0.05, 0) is 41.0 Å². The number of hydrogen-bond donors (Lipinski definition) is 3. The lowest BCUT2D eigenvalue weighted by molar-refractivity contribution is -0.138. The first kappa shape index (κ1) is 21.9. The minimum atomic E-state index is -1.02. The summed E-state index contributed by atoms with van der Waals surface area (Å²) in [4.78, 5) is 36.4. The standard InChI is InChI=1S/C25H28N2O5/c1-15(2)21(13-22(28)29)26-23(30)25(11-12-25)27-24(31)32-14-20-18-9-5-3-7-16(18)17-8-4-6-10-19(17)20/h3-10,15,20-21H,11-14H2,1-2H3,(H,26,30)(H,27,31)(H,28,29)/t21-/m1/s1. The van der Waals surface area contributed by atoms with Crippen LogP contribution in [-0.4, -0.2) is 41.3 Å². The number of hydrogen-bond acceptors (Lipinski definition) is 4. The molecule has 1 atom stereocenters. The molecule has 0 spiro atoms. The lowest BCUT2D eigenvalue weighted by Crippen LogP contribution is -2.53. The molecule has 1 fully saturated rings. The summed E-state index contributed by atoms with van der Waals surface area (Å²) < 4.78 is 5.56. The molecule has 2 aromatic rings. The van der Waals surface area contributed by atoms with E-state index < -0.39 is 23.6 Å². The van der Waals surface area contributed by atoms with E-state index in [1.165, 1.54) is 0 Å². The van der Waals surface area contributed by atoms with Crippen LogP contribution < -0.4 is 10.6 Å². The molecule has 2 amide bonds. The molecule has 0 unspecified atom stereocenters. The van der Waals surface area contributed by atoms with E-state index in [1.54, 1.807) is 0 Å². The summed E-state index contributed by atoms with van der Waals surface area (Å²) in [6, 6.07) is 15.7. The summed E-state index contributed by atoms with van der Waals surface area (Å²) in [5.41, 5.74) is 3.51. The number of aliphatic carboxylic acids is 1. The van der Waals surface area contributed by atoms with Crippen LogP contribution >= 0.6 is 0 Å². The average Bonchev–Trinajstić information content (AvgIpc) is 3.47. The highest BCUT2D eigenvalue weighted by molar-refractivity contribution is 5.93. The lowest BCUT2D eigenvalue weighted by atomic mass is 9.98. The maximum absolute atomic E-state index is 12.8. The van der Waals surface area contributed by atoms with Crippen molar-refractivity contribution in [2.75, 3.05) is 6.61 Å². The van der Waals surface area contributed by atoms with Crippen LogP contribution in [0.1, 0.15) is 50.2 Å². The van der Waals surface area contributed by atoms with E-state index in [0.717, 1.165) is 22.3 Å². The molecule has 4 rings (SSSR count). The Hall–Kier alpha value is -3.35. The molecule has 0 heterocycles. The van der Waals surface area contributed by atoms with Gasteiger partial charge in [0.15, 0.2) is 0 Å². The molecule has 0 aromatic heterocycles. The quantitative estimate of drug-likeness (QED) is 0.586. The number of amides is 2. The van der Waals surface area contributed by atoms with Crippen molar-refractivity contribution in [3.8, 4) is 11.1 Å². The Bertz CT molecular complexity index is 999. The molecular weight excluding hydrogens is 408 g/mol. The summed E-state index contributed by atoms with van der Waals surface area (Å²) in [7, 11) is 0. The first-order chi connectivity index (χ1) is 15.3. The minimum Gasteiger partial charge on any atom is -0.481 e. The minimum absolute atomic E-state index is 0.0414. The summed E-state index contributed by atoms with van der Waals surface area (Å²) in [5.74, 6) is -1.43. The molecular formula is C25H28N2O5. The molecule has 0 saturated heterocycles. The Morgan fingerprint density at radius 2 is 1.59 bits per heavy atom. The molecule has 7 heteroatoms. The van der Waals surface area contributed by atoms with E-state index in [0.29, 0.717) is 12.8 Å². The smallest absolute Gasteiger partial charge is 0.408 e. The van der Waals surface area contributed by atoms with Crippen molar-refractivity contribution in [1.82, 2.24) is 10.6 Å². The van der Waals surface area contributed by atoms with Gasteiger partial charge in [-0.25, -0.2) is 4.79 Å². The van der Waals surface area contributed by atoms with Crippen LogP contribution in [0.15, 0.2) is 48.5 Å². The lowest BCUT2D eigenvalue weighted by Gasteiger charge is -2.24. The van der Waals surface area contributed by atoms with Crippen LogP contribution in [0.3, 0.4) is 0 Å². The van der Waals surface area contributed by atoms with E-state index in [-0.39, 0.29) is 30.8 Å². The predicted molar refractivity (Wildman–Crippen MR) is 119 cm³/mol. The fraction of sp³-hybridized carbons (Fsp3) is 0.400. The normalized spacial score (nSPS) is 16.6. The molecule has 2 aliphatic rings. The number of carboxylic acid groups (broad SMARTS) is 1. The number of alkyl carbamates (subject to hydrolysis) is 1. The summed E-state index contributed by atoms with van der Waals surface area (Å²) in [6.45, 7) is 3.88. The Kier molecular flexibility index (Phi) is 5.91. The maximum Gasteiger partial charge on any atom is 0.408 e. The number of carbonyl (C=O) groups is 3. The van der Waals surface area contributed by atoms with Crippen molar-refractivity contribution < 1.29 is 24.2 Å². The number of carboxylic acids is 1. The molecule has 0 radical (unpaired) electrons. The van der Waals surface area contributed by atoms with Crippen molar-refractivity contribution in [3.63, 3.8) is 0 Å². The topological polar surface area (TPSA) is 105 Å². The van der Waals surface area contributed by atoms with E-state index >= 15 is 0 Å². The Morgan fingerprint density at radius 1 is 1.03 bits per heavy atom. The summed E-state index contributed by atoms with van der Waals surface area (Å²) in [5, 5.41) is 14.6. The van der Waals surface area contributed by atoms with Crippen molar-refractivity contribution in [1.29, 1.82) is 0 Å². The third kappa shape index (κ3) is 4.33. The second-order valence-electron chi connectivity index (χ2n) is 8.95. The van der Waals surface area contributed by atoms with Gasteiger partial charge in [-0.1, -0.05) is 62.4 Å². The van der Waals surface area contributed by atoms with Crippen LogP contribution in [0.5, 0.6) is 0 Å². The first-order valence-corrected chi connectivity index (χ1v) is 11.0. The van der Waals surface area contributed by atoms with Gasteiger partial charge >= 0.3 is 12.1 Å². The van der Waals surface area contributed by atoms with Crippen LogP contribution in [0.25, 0.3) is 11.1 Å². The van der Waals surface area contributed by atoms with Gasteiger partial charge in [-0.3, -0.25) is 9.59 Å². The highest BCUT2D eigenvalue weighted by atomic mass is 16.5. The zero-order chi connectivity index (χ0) is 22.9. The monoisotopic (exact) mass is 436 g/mol. The van der Waals surface area contributed by atoms with E-state index in [9.17, 15) is 14.4 Å². The second kappa shape index (κ2) is 8.65. The SMILES string of the molecule is CC(C)[C@@H](CC(=O)O)NC(=O)C1(NC(=O)OCC2c3ccccc3-c3ccccc32)CC1. The molecule has 168 valence electrons.